The molecule has 0 aliphatic carbocycles. The zero-order chi connectivity index (χ0) is 13.7. The lowest BCUT2D eigenvalue weighted by Gasteiger charge is -2.10. The molecule has 0 aliphatic heterocycles. The van der Waals surface area contributed by atoms with E-state index in [1.807, 2.05) is 24.3 Å². The minimum absolute atomic E-state index is 0.150. The zero-order valence-corrected chi connectivity index (χ0v) is 11.7. The van der Waals surface area contributed by atoms with Gasteiger partial charge in [-0.2, -0.15) is 0 Å². The summed E-state index contributed by atoms with van der Waals surface area (Å²) in [6.45, 7) is 4.84. The quantitative estimate of drug-likeness (QED) is 0.910. The molecule has 1 aromatic heterocycles. The number of nitrogens with zero attached hydrogens (tertiary/aromatic N) is 1. The monoisotopic (exact) mass is 276 g/mol. The number of nitrogens with one attached hydrogen (secondary N) is 1. The topological polar surface area (TPSA) is 51.2 Å². The van der Waals surface area contributed by atoms with Gasteiger partial charge in [0.05, 0.1) is 6.61 Å². The number of benzene rings is 1. The fraction of sp³-hybridized carbons (Fsp3) is 0.286. The summed E-state index contributed by atoms with van der Waals surface area (Å²) >= 11 is 1.18. The highest BCUT2D eigenvalue weighted by Crippen LogP contribution is 2.19. The number of anilines is 1. The summed E-state index contributed by atoms with van der Waals surface area (Å²) in [5, 5.41) is 2.82. The van der Waals surface area contributed by atoms with Gasteiger partial charge in [-0.05, 0) is 35.6 Å². The highest BCUT2D eigenvalue weighted by atomic mass is 32.1. The molecule has 1 heterocycles. The second-order valence-electron chi connectivity index (χ2n) is 4.56. The molecule has 0 saturated heterocycles. The smallest absolute Gasteiger partial charge is 0.267 e. The maximum atomic E-state index is 11.9. The van der Waals surface area contributed by atoms with Gasteiger partial charge in [-0.15, -0.1) is 0 Å². The van der Waals surface area contributed by atoms with Crippen LogP contribution in [-0.4, -0.2) is 16.9 Å². The first-order chi connectivity index (χ1) is 9.15. The standard InChI is InChI=1S/C14H16N2O2S/c1-10(2)9-18-12-5-3-4-11(8-12)16-14(17)13-6-7-15-19-13/h3-8,10H,9H2,1-2H3,(H,16,17). The van der Waals surface area contributed by atoms with E-state index in [0.717, 1.165) is 11.4 Å². The lowest BCUT2D eigenvalue weighted by atomic mass is 10.2. The third kappa shape index (κ3) is 4.06. The molecule has 0 spiro atoms. The van der Waals surface area contributed by atoms with E-state index in [1.54, 1.807) is 12.3 Å². The third-order valence-corrected chi connectivity index (χ3v) is 3.08. The molecule has 2 aromatic rings. The molecule has 0 bridgehead atoms. The Bertz CT molecular complexity index is 538. The van der Waals surface area contributed by atoms with Gasteiger partial charge in [-0.1, -0.05) is 19.9 Å². The molecule has 4 nitrogen and oxygen atoms in total. The molecule has 2 rings (SSSR count). The van der Waals surface area contributed by atoms with Crippen molar-refractivity contribution in [3.8, 4) is 5.75 Å². The molecule has 0 saturated carbocycles. The van der Waals surface area contributed by atoms with Gasteiger partial charge < -0.3 is 10.1 Å². The molecular weight excluding hydrogens is 260 g/mol. The van der Waals surface area contributed by atoms with Crippen LogP contribution in [0.4, 0.5) is 5.69 Å². The van der Waals surface area contributed by atoms with Crippen molar-refractivity contribution in [2.45, 2.75) is 13.8 Å². The highest BCUT2D eigenvalue weighted by Gasteiger charge is 2.08. The largest absolute Gasteiger partial charge is 0.493 e. The SMILES string of the molecule is CC(C)COc1cccc(NC(=O)c2ccns2)c1. The van der Waals surface area contributed by atoms with E-state index in [-0.39, 0.29) is 5.91 Å². The van der Waals surface area contributed by atoms with Crippen LogP contribution in [0.25, 0.3) is 0 Å². The van der Waals surface area contributed by atoms with Crippen molar-refractivity contribution in [1.82, 2.24) is 4.37 Å². The highest BCUT2D eigenvalue weighted by molar-refractivity contribution is 7.08. The van der Waals surface area contributed by atoms with Crippen molar-refractivity contribution >= 4 is 23.1 Å². The van der Waals surface area contributed by atoms with Crippen molar-refractivity contribution in [1.29, 1.82) is 0 Å². The number of hydrogen-bond donors (Lipinski definition) is 1. The molecule has 19 heavy (non-hydrogen) atoms. The summed E-state index contributed by atoms with van der Waals surface area (Å²) in [6, 6.07) is 9.09. The molecule has 1 amide bonds. The summed E-state index contributed by atoms with van der Waals surface area (Å²) in [4.78, 5) is 12.5. The van der Waals surface area contributed by atoms with E-state index in [9.17, 15) is 4.79 Å². The third-order valence-electron chi connectivity index (χ3n) is 2.34. The summed E-state index contributed by atoms with van der Waals surface area (Å²) in [6.07, 6.45) is 1.61. The van der Waals surface area contributed by atoms with Crippen LogP contribution in [0.3, 0.4) is 0 Å². The van der Waals surface area contributed by atoms with E-state index < -0.39 is 0 Å². The average molecular weight is 276 g/mol. The van der Waals surface area contributed by atoms with Gasteiger partial charge in [0, 0.05) is 18.0 Å². The normalized spacial score (nSPS) is 10.5. The van der Waals surface area contributed by atoms with E-state index >= 15 is 0 Å². The number of ether oxygens (including phenoxy) is 1. The van der Waals surface area contributed by atoms with Gasteiger partial charge >= 0.3 is 0 Å². The van der Waals surface area contributed by atoms with Crippen LogP contribution in [0.2, 0.25) is 0 Å². The Kier molecular flexibility index (Phi) is 4.52. The summed E-state index contributed by atoms with van der Waals surface area (Å²) in [7, 11) is 0. The first-order valence-corrected chi connectivity index (χ1v) is 6.87. The van der Waals surface area contributed by atoms with Crippen LogP contribution in [0.15, 0.2) is 36.5 Å². The van der Waals surface area contributed by atoms with Crippen LogP contribution < -0.4 is 10.1 Å². The Morgan fingerprint density at radius 2 is 2.26 bits per heavy atom. The van der Waals surface area contributed by atoms with E-state index in [0.29, 0.717) is 17.4 Å². The van der Waals surface area contributed by atoms with Crippen molar-refractivity contribution < 1.29 is 9.53 Å². The second-order valence-corrected chi connectivity index (χ2v) is 5.40. The molecular formula is C14H16N2O2S. The molecule has 100 valence electrons. The lowest BCUT2D eigenvalue weighted by molar-refractivity contribution is 0.103. The molecule has 0 radical (unpaired) electrons. The minimum Gasteiger partial charge on any atom is -0.493 e. The number of aromatic nitrogens is 1. The molecule has 1 N–H and O–H groups in total. The minimum atomic E-state index is -0.150. The number of hydrogen-bond acceptors (Lipinski definition) is 4. The number of carbonyl (C=O) groups is 1. The van der Waals surface area contributed by atoms with Crippen molar-refractivity contribution in [3.63, 3.8) is 0 Å². The Balaban J connectivity index is 2.01. The van der Waals surface area contributed by atoms with Gasteiger partial charge in [0.25, 0.3) is 5.91 Å². The average Bonchev–Trinajstić information content (AvgIpc) is 2.91. The van der Waals surface area contributed by atoms with Gasteiger partial charge in [0.2, 0.25) is 0 Å². The molecule has 0 unspecified atom stereocenters. The number of amides is 1. The summed E-state index contributed by atoms with van der Waals surface area (Å²) in [5.74, 6) is 1.08. The predicted octanol–water partition coefficient (Wildman–Crippen LogP) is 3.43. The maximum absolute atomic E-state index is 11.9. The lowest BCUT2D eigenvalue weighted by Crippen LogP contribution is -2.10. The van der Waals surface area contributed by atoms with Gasteiger partial charge in [0.15, 0.2) is 0 Å². The molecule has 1 aromatic carbocycles. The predicted molar refractivity (Wildman–Crippen MR) is 76.8 cm³/mol. The first kappa shape index (κ1) is 13.5. The second kappa shape index (κ2) is 6.33. The molecule has 0 fully saturated rings. The molecule has 5 heteroatoms. The Morgan fingerprint density at radius 1 is 1.42 bits per heavy atom. The molecule has 0 aliphatic rings. The van der Waals surface area contributed by atoms with Crippen LogP contribution in [-0.2, 0) is 0 Å². The van der Waals surface area contributed by atoms with Crippen LogP contribution in [0.5, 0.6) is 5.75 Å². The van der Waals surface area contributed by atoms with E-state index in [1.165, 1.54) is 11.5 Å². The maximum Gasteiger partial charge on any atom is 0.267 e. The zero-order valence-electron chi connectivity index (χ0n) is 10.9. The Morgan fingerprint density at radius 3 is 2.95 bits per heavy atom. The van der Waals surface area contributed by atoms with E-state index in [2.05, 4.69) is 23.5 Å². The Hall–Kier alpha value is -1.88. The number of carbonyl (C=O) groups excluding carboxylic acids is 1. The van der Waals surface area contributed by atoms with Gasteiger partial charge in [0.1, 0.15) is 10.6 Å². The van der Waals surface area contributed by atoms with Crippen LogP contribution in [0, 0.1) is 5.92 Å². The molecule has 0 atom stereocenters. The van der Waals surface area contributed by atoms with Crippen molar-refractivity contribution in [3.05, 3.63) is 41.4 Å². The summed E-state index contributed by atoms with van der Waals surface area (Å²) < 4.78 is 9.53. The van der Waals surface area contributed by atoms with Gasteiger partial charge in [-0.3, -0.25) is 4.79 Å². The van der Waals surface area contributed by atoms with Gasteiger partial charge in [-0.25, -0.2) is 4.37 Å². The van der Waals surface area contributed by atoms with Crippen LogP contribution in [0.1, 0.15) is 23.5 Å². The van der Waals surface area contributed by atoms with Crippen LogP contribution >= 0.6 is 11.5 Å². The fourth-order valence-electron chi connectivity index (χ4n) is 1.45. The fourth-order valence-corrected chi connectivity index (χ4v) is 1.94. The van der Waals surface area contributed by atoms with Crippen molar-refractivity contribution in [2.75, 3.05) is 11.9 Å². The van der Waals surface area contributed by atoms with Crippen molar-refractivity contribution in [2.24, 2.45) is 5.92 Å². The Labute approximate surface area is 116 Å². The van der Waals surface area contributed by atoms with E-state index in [4.69, 9.17) is 4.74 Å². The number of rotatable bonds is 5. The first-order valence-electron chi connectivity index (χ1n) is 6.10. The summed E-state index contributed by atoms with van der Waals surface area (Å²) in [5.41, 5.74) is 0.722.